The van der Waals surface area contributed by atoms with Crippen LogP contribution in [0.2, 0.25) is 0 Å². The van der Waals surface area contributed by atoms with Crippen molar-refractivity contribution < 1.29 is 22.3 Å². The number of halogens is 1. The number of hydrogen-bond donors (Lipinski definition) is 1. The summed E-state index contributed by atoms with van der Waals surface area (Å²) < 4.78 is 31.4. The first kappa shape index (κ1) is 25.6. The van der Waals surface area contributed by atoms with E-state index in [1.165, 1.54) is 30.3 Å². The molecule has 0 aliphatic heterocycles. The predicted molar refractivity (Wildman–Crippen MR) is 141 cm³/mol. The molecule has 0 saturated heterocycles. The van der Waals surface area contributed by atoms with Gasteiger partial charge in [0.1, 0.15) is 22.3 Å². The summed E-state index contributed by atoms with van der Waals surface area (Å²) in [5.41, 5.74) is -0.126. The number of nitro benzene ring substituents is 1. The van der Waals surface area contributed by atoms with Crippen molar-refractivity contribution in [2.45, 2.75) is 4.90 Å². The van der Waals surface area contributed by atoms with E-state index in [0.717, 1.165) is 29.0 Å². The number of carbonyl (C=O) groups is 1. The van der Waals surface area contributed by atoms with Gasteiger partial charge in [0.15, 0.2) is 0 Å². The molecular formula is C26H16BrN3O6S. The van der Waals surface area contributed by atoms with Gasteiger partial charge in [-0.25, -0.2) is 0 Å². The summed E-state index contributed by atoms with van der Waals surface area (Å²) in [6.07, 6.45) is 1.19. The van der Waals surface area contributed by atoms with Gasteiger partial charge in [-0.1, -0.05) is 52.3 Å². The molecule has 0 aliphatic rings. The molecule has 37 heavy (non-hydrogen) atoms. The number of benzene rings is 4. The minimum Gasteiger partial charge on any atom is -0.378 e. The van der Waals surface area contributed by atoms with Crippen molar-refractivity contribution in [3.05, 3.63) is 111 Å². The Labute approximate surface area is 220 Å². The Morgan fingerprint density at radius 2 is 1.76 bits per heavy atom. The summed E-state index contributed by atoms with van der Waals surface area (Å²) in [6, 6.07) is 23.4. The third-order valence-electron chi connectivity index (χ3n) is 5.16. The van der Waals surface area contributed by atoms with Gasteiger partial charge >= 0.3 is 10.1 Å². The van der Waals surface area contributed by atoms with Crippen LogP contribution in [0.5, 0.6) is 5.75 Å². The number of anilines is 1. The first-order valence-corrected chi connectivity index (χ1v) is 12.8. The molecule has 0 atom stereocenters. The fraction of sp³-hybridized carbons (Fsp3) is 0. The van der Waals surface area contributed by atoms with Crippen LogP contribution in [-0.4, -0.2) is 19.2 Å². The van der Waals surface area contributed by atoms with Crippen LogP contribution >= 0.6 is 15.9 Å². The lowest BCUT2D eigenvalue weighted by atomic mass is 10.1. The summed E-state index contributed by atoms with van der Waals surface area (Å²) in [6.45, 7) is 0. The van der Waals surface area contributed by atoms with Crippen molar-refractivity contribution in [3.63, 3.8) is 0 Å². The maximum absolute atomic E-state index is 12.9. The molecule has 184 valence electrons. The maximum Gasteiger partial charge on any atom is 0.339 e. The molecule has 1 N–H and O–H groups in total. The van der Waals surface area contributed by atoms with Gasteiger partial charge in [0.25, 0.3) is 11.6 Å². The highest BCUT2D eigenvalue weighted by atomic mass is 79.9. The van der Waals surface area contributed by atoms with Crippen LogP contribution in [0.25, 0.3) is 16.8 Å². The van der Waals surface area contributed by atoms with Crippen LogP contribution in [0.1, 0.15) is 5.56 Å². The normalized spacial score (nSPS) is 11.5. The van der Waals surface area contributed by atoms with Gasteiger partial charge in [-0.3, -0.25) is 14.9 Å². The van der Waals surface area contributed by atoms with E-state index in [9.17, 15) is 28.6 Å². The van der Waals surface area contributed by atoms with Crippen LogP contribution in [0, 0.1) is 21.4 Å². The summed E-state index contributed by atoms with van der Waals surface area (Å²) in [4.78, 5) is 22.7. The van der Waals surface area contributed by atoms with Crippen LogP contribution in [0.3, 0.4) is 0 Å². The minimum atomic E-state index is -4.47. The standard InChI is InChI=1S/C26H16BrN3O6S/c27-21-9-11-25(36-37(34,35)24-7-3-6-23(15-24)30(32)33)19(13-21)12-20(16-28)26(31)29-22-10-8-17-4-1-2-5-18(17)14-22/h1-15H,(H,29,31)/b20-12+. The van der Waals surface area contributed by atoms with Crippen molar-refractivity contribution in [1.82, 2.24) is 0 Å². The smallest absolute Gasteiger partial charge is 0.339 e. The highest BCUT2D eigenvalue weighted by Gasteiger charge is 2.22. The van der Waals surface area contributed by atoms with Gasteiger partial charge in [0.05, 0.1) is 4.92 Å². The number of amides is 1. The van der Waals surface area contributed by atoms with Gasteiger partial charge < -0.3 is 9.50 Å². The number of rotatable bonds is 7. The van der Waals surface area contributed by atoms with Crippen molar-refractivity contribution >= 4 is 60.2 Å². The lowest BCUT2D eigenvalue weighted by molar-refractivity contribution is -0.385. The number of nitriles is 1. The third-order valence-corrected chi connectivity index (χ3v) is 6.88. The lowest BCUT2D eigenvalue weighted by Gasteiger charge is -2.11. The largest absolute Gasteiger partial charge is 0.378 e. The van der Waals surface area contributed by atoms with Gasteiger partial charge in [-0.05, 0) is 53.2 Å². The minimum absolute atomic E-state index is 0.119. The van der Waals surface area contributed by atoms with Crippen LogP contribution in [0.4, 0.5) is 11.4 Å². The molecule has 0 saturated carbocycles. The van der Waals surface area contributed by atoms with E-state index >= 15 is 0 Å². The summed E-state index contributed by atoms with van der Waals surface area (Å²) >= 11 is 3.28. The topological polar surface area (TPSA) is 139 Å². The van der Waals surface area contributed by atoms with Crippen LogP contribution < -0.4 is 9.50 Å². The number of fused-ring (bicyclic) bond motifs is 1. The Morgan fingerprint density at radius 1 is 1.00 bits per heavy atom. The van der Waals surface area contributed by atoms with Crippen molar-refractivity contribution in [2.75, 3.05) is 5.32 Å². The molecule has 0 unspecified atom stereocenters. The molecule has 11 heteroatoms. The second-order valence-electron chi connectivity index (χ2n) is 7.66. The average Bonchev–Trinajstić information content (AvgIpc) is 2.88. The van der Waals surface area contributed by atoms with Crippen molar-refractivity contribution in [2.24, 2.45) is 0 Å². The molecule has 0 radical (unpaired) electrons. The molecule has 4 aromatic carbocycles. The predicted octanol–water partition coefficient (Wildman–Crippen LogP) is 5.82. The second kappa shape index (κ2) is 10.6. The van der Waals surface area contributed by atoms with Gasteiger partial charge in [-0.2, -0.15) is 13.7 Å². The molecular weight excluding hydrogens is 562 g/mol. The Bertz CT molecular complexity index is 1730. The molecule has 4 rings (SSSR count). The third kappa shape index (κ3) is 6.00. The number of hydrogen-bond acceptors (Lipinski definition) is 7. The highest BCUT2D eigenvalue weighted by Crippen LogP contribution is 2.29. The fourth-order valence-corrected chi connectivity index (χ4v) is 4.77. The molecule has 0 bridgehead atoms. The molecule has 0 fully saturated rings. The number of non-ortho nitro benzene ring substituents is 1. The van der Waals surface area contributed by atoms with E-state index in [2.05, 4.69) is 21.2 Å². The Balaban J connectivity index is 1.64. The highest BCUT2D eigenvalue weighted by molar-refractivity contribution is 9.10. The fourth-order valence-electron chi connectivity index (χ4n) is 3.40. The first-order chi connectivity index (χ1) is 17.7. The second-order valence-corrected chi connectivity index (χ2v) is 10.1. The number of nitro groups is 1. The first-order valence-electron chi connectivity index (χ1n) is 10.6. The maximum atomic E-state index is 12.9. The molecule has 4 aromatic rings. The Hall–Kier alpha value is -4.53. The average molecular weight is 578 g/mol. The van der Waals surface area contributed by atoms with E-state index in [-0.39, 0.29) is 16.9 Å². The van der Waals surface area contributed by atoms with Gasteiger partial charge in [0.2, 0.25) is 0 Å². The molecule has 0 spiro atoms. The number of nitrogens with zero attached hydrogens (tertiary/aromatic N) is 2. The van der Waals surface area contributed by atoms with E-state index < -0.39 is 31.5 Å². The van der Waals surface area contributed by atoms with Gasteiger partial charge in [0, 0.05) is 27.9 Å². The molecule has 9 nitrogen and oxygen atoms in total. The molecule has 0 heterocycles. The van der Waals surface area contributed by atoms with Gasteiger partial charge in [-0.15, -0.1) is 0 Å². The lowest BCUT2D eigenvalue weighted by Crippen LogP contribution is -2.14. The van der Waals surface area contributed by atoms with Crippen molar-refractivity contribution in [3.8, 4) is 11.8 Å². The summed E-state index contributed by atoms with van der Waals surface area (Å²) in [5.74, 6) is -0.883. The van der Waals surface area contributed by atoms with Crippen LogP contribution in [0.15, 0.2) is 99.9 Å². The van der Waals surface area contributed by atoms with E-state index in [1.807, 2.05) is 36.4 Å². The van der Waals surface area contributed by atoms with E-state index in [4.69, 9.17) is 4.18 Å². The van der Waals surface area contributed by atoms with Crippen LogP contribution in [-0.2, 0) is 14.9 Å². The molecule has 1 amide bonds. The summed E-state index contributed by atoms with van der Waals surface area (Å²) in [5, 5.41) is 25.2. The zero-order valence-corrected chi connectivity index (χ0v) is 21.2. The Morgan fingerprint density at radius 3 is 2.49 bits per heavy atom. The zero-order valence-electron chi connectivity index (χ0n) is 18.8. The SMILES string of the molecule is N#C/C(=C\c1cc(Br)ccc1OS(=O)(=O)c1cccc([N+](=O)[O-])c1)C(=O)Nc1ccc2ccccc2c1. The number of nitrogens with one attached hydrogen (secondary N) is 1. The number of carbonyl (C=O) groups excluding carboxylic acids is 1. The molecule has 0 aliphatic carbocycles. The van der Waals surface area contributed by atoms with E-state index in [1.54, 1.807) is 12.1 Å². The molecule has 0 aromatic heterocycles. The zero-order chi connectivity index (χ0) is 26.6. The monoisotopic (exact) mass is 577 g/mol. The van der Waals surface area contributed by atoms with E-state index in [0.29, 0.717) is 10.2 Å². The van der Waals surface area contributed by atoms with Crippen molar-refractivity contribution in [1.29, 1.82) is 5.26 Å². The summed E-state index contributed by atoms with van der Waals surface area (Å²) in [7, 11) is -4.47. The quantitative estimate of drug-likeness (QED) is 0.0958. The Kier molecular flexibility index (Phi) is 7.33.